The number of rotatable bonds is 7. The Balaban J connectivity index is 1.62. The number of hydrogen-bond acceptors (Lipinski definition) is 2. The first-order valence-corrected chi connectivity index (χ1v) is 9.17. The number of nitrogens with zero attached hydrogens (tertiary/aromatic N) is 1. The highest BCUT2D eigenvalue weighted by Gasteiger charge is 2.14. The van der Waals surface area contributed by atoms with Crippen LogP contribution in [0.5, 0.6) is 0 Å². The second-order valence-corrected chi connectivity index (χ2v) is 6.68. The summed E-state index contributed by atoms with van der Waals surface area (Å²) in [4.78, 5) is 24.1. The fourth-order valence-corrected chi connectivity index (χ4v) is 3.20. The van der Waals surface area contributed by atoms with E-state index in [0.29, 0.717) is 6.54 Å². The van der Waals surface area contributed by atoms with Crippen molar-refractivity contribution in [3.63, 3.8) is 0 Å². The van der Waals surface area contributed by atoms with Crippen LogP contribution >= 0.6 is 0 Å². The van der Waals surface area contributed by atoms with Crippen LogP contribution in [0.1, 0.15) is 29.0 Å². The van der Waals surface area contributed by atoms with Gasteiger partial charge in [-0.25, -0.2) is 0 Å². The molecule has 4 heteroatoms. The summed E-state index contributed by atoms with van der Waals surface area (Å²) < 4.78 is 1.42. The summed E-state index contributed by atoms with van der Waals surface area (Å²) in [6.07, 6.45) is 2.45. The number of hydrogen-bond donors (Lipinski definition) is 1. The average Bonchev–Trinajstić information content (AvgIpc) is 2.69. The fourth-order valence-electron chi connectivity index (χ4n) is 3.20. The third-order valence-corrected chi connectivity index (χ3v) is 4.62. The standard InChI is InChI=1S/C23H24N2O2/c1-18-13-15-25(23(27)16-18)17-22(26)24-14-12-21(19-8-4-2-5-9-19)20-10-6-3-7-11-20/h2-11,13,15-16,21H,12,14,17H2,1H3,(H,24,26). The lowest BCUT2D eigenvalue weighted by atomic mass is 9.88. The van der Waals surface area contributed by atoms with Gasteiger partial charge in [-0.2, -0.15) is 0 Å². The summed E-state index contributed by atoms with van der Waals surface area (Å²) in [5.41, 5.74) is 3.20. The summed E-state index contributed by atoms with van der Waals surface area (Å²) >= 11 is 0. The smallest absolute Gasteiger partial charge is 0.251 e. The van der Waals surface area contributed by atoms with Crippen LogP contribution in [-0.4, -0.2) is 17.0 Å². The Hall–Kier alpha value is -3.14. The molecule has 0 fully saturated rings. The van der Waals surface area contributed by atoms with E-state index in [-0.39, 0.29) is 23.9 Å². The third kappa shape index (κ3) is 5.17. The highest BCUT2D eigenvalue weighted by atomic mass is 16.2. The van der Waals surface area contributed by atoms with Crippen LogP contribution < -0.4 is 10.9 Å². The Morgan fingerprint density at radius 1 is 0.963 bits per heavy atom. The quantitative estimate of drug-likeness (QED) is 0.701. The SMILES string of the molecule is Cc1ccn(CC(=O)NCCC(c2ccccc2)c2ccccc2)c(=O)c1. The minimum absolute atomic E-state index is 0.0421. The van der Waals surface area contributed by atoms with Crippen molar-refractivity contribution < 1.29 is 4.79 Å². The molecule has 0 saturated carbocycles. The lowest BCUT2D eigenvalue weighted by Gasteiger charge is -2.18. The summed E-state index contributed by atoms with van der Waals surface area (Å²) in [5, 5.41) is 2.94. The van der Waals surface area contributed by atoms with Gasteiger partial charge in [0, 0.05) is 24.7 Å². The van der Waals surface area contributed by atoms with Gasteiger partial charge in [-0.3, -0.25) is 9.59 Å². The molecule has 0 unspecified atom stereocenters. The molecule has 0 bridgehead atoms. The van der Waals surface area contributed by atoms with E-state index in [2.05, 4.69) is 29.6 Å². The van der Waals surface area contributed by atoms with Crippen molar-refractivity contribution in [3.05, 3.63) is 106 Å². The van der Waals surface area contributed by atoms with E-state index in [4.69, 9.17) is 0 Å². The average molecular weight is 360 g/mol. The number of benzene rings is 2. The van der Waals surface area contributed by atoms with Crippen LogP contribution in [0.2, 0.25) is 0 Å². The molecule has 2 aromatic carbocycles. The van der Waals surface area contributed by atoms with Crippen molar-refractivity contribution in [1.29, 1.82) is 0 Å². The summed E-state index contributed by atoms with van der Waals surface area (Å²) in [6, 6.07) is 24.0. The second kappa shape index (κ2) is 8.99. The van der Waals surface area contributed by atoms with Gasteiger partial charge in [-0.1, -0.05) is 60.7 Å². The minimum Gasteiger partial charge on any atom is -0.355 e. The maximum atomic E-state index is 12.2. The van der Waals surface area contributed by atoms with E-state index in [9.17, 15) is 9.59 Å². The summed E-state index contributed by atoms with van der Waals surface area (Å²) in [6.45, 7) is 2.45. The van der Waals surface area contributed by atoms with E-state index in [1.807, 2.05) is 49.4 Å². The zero-order chi connectivity index (χ0) is 19.1. The third-order valence-electron chi connectivity index (χ3n) is 4.62. The fraction of sp³-hybridized carbons (Fsp3) is 0.217. The van der Waals surface area contributed by atoms with Gasteiger partial charge in [0.1, 0.15) is 6.54 Å². The number of aromatic nitrogens is 1. The lowest BCUT2D eigenvalue weighted by molar-refractivity contribution is -0.121. The number of nitrogens with one attached hydrogen (secondary N) is 1. The normalized spacial score (nSPS) is 10.7. The maximum absolute atomic E-state index is 12.2. The predicted octanol–water partition coefficient (Wildman–Crippen LogP) is 3.50. The van der Waals surface area contributed by atoms with Crippen LogP contribution in [0.15, 0.2) is 83.8 Å². The largest absolute Gasteiger partial charge is 0.355 e. The van der Waals surface area contributed by atoms with Gasteiger partial charge in [0.15, 0.2) is 0 Å². The van der Waals surface area contributed by atoms with Crippen LogP contribution in [0, 0.1) is 6.92 Å². The van der Waals surface area contributed by atoms with Gasteiger partial charge in [-0.15, -0.1) is 0 Å². The van der Waals surface area contributed by atoms with Crippen molar-refractivity contribution in [1.82, 2.24) is 9.88 Å². The Bertz CT molecular complexity index is 894. The number of carbonyl (C=O) groups excluding carboxylic acids is 1. The number of amides is 1. The molecule has 0 spiro atoms. The molecule has 1 N–H and O–H groups in total. The first-order valence-electron chi connectivity index (χ1n) is 9.17. The molecule has 138 valence electrons. The van der Waals surface area contributed by atoms with Crippen molar-refractivity contribution in [2.24, 2.45) is 0 Å². The molecular formula is C23H24N2O2. The number of carbonyl (C=O) groups is 1. The molecule has 1 amide bonds. The highest BCUT2D eigenvalue weighted by molar-refractivity contribution is 5.75. The number of pyridine rings is 1. The van der Waals surface area contributed by atoms with Crippen LogP contribution in [0.4, 0.5) is 0 Å². The molecule has 3 rings (SSSR count). The first kappa shape index (κ1) is 18.6. The van der Waals surface area contributed by atoms with E-state index >= 15 is 0 Å². The summed E-state index contributed by atoms with van der Waals surface area (Å²) in [5.74, 6) is 0.0654. The Labute approximate surface area is 159 Å². The van der Waals surface area contributed by atoms with E-state index in [1.165, 1.54) is 21.8 Å². The first-order chi connectivity index (χ1) is 13.1. The Morgan fingerprint density at radius 2 is 1.56 bits per heavy atom. The Morgan fingerprint density at radius 3 is 2.11 bits per heavy atom. The van der Waals surface area contributed by atoms with Gasteiger partial charge in [0.05, 0.1) is 0 Å². The molecule has 0 aliphatic carbocycles. The molecule has 0 saturated heterocycles. The van der Waals surface area contributed by atoms with Gasteiger partial charge in [0.2, 0.25) is 5.91 Å². The van der Waals surface area contributed by atoms with E-state index < -0.39 is 0 Å². The molecule has 4 nitrogen and oxygen atoms in total. The van der Waals surface area contributed by atoms with Gasteiger partial charge in [-0.05, 0) is 36.1 Å². The molecule has 1 aromatic heterocycles. The zero-order valence-electron chi connectivity index (χ0n) is 15.5. The second-order valence-electron chi connectivity index (χ2n) is 6.68. The van der Waals surface area contributed by atoms with Gasteiger partial charge >= 0.3 is 0 Å². The monoisotopic (exact) mass is 360 g/mol. The lowest BCUT2D eigenvalue weighted by Crippen LogP contribution is -2.33. The Kier molecular flexibility index (Phi) is 6.21. The van der Waals surface area contributed by atoms with Crippen LogP contribution in [0.3, 0.4) is 0 Å². The number of aryl methyl sites for hydroxylation is 1. The maximum Gasteiger partial charge on any atom is 0.251 e. The minimum atomic E-state index is -0.156. The molecule has 0 aliphatic heterocycles. The van der Waals surface area contributed by atoms with Crippen molar-refractivity contribution in [3.8, 4) is 0 Å². The molecule has 0 radical (unpaired) electrons. The zero-order valence-corrected chi connectivity index (χ0v) is 15.5. The van der Waals surface area contributed by atoms with E-state index in [1.54, 1.807) is 6.20 Å². The van der Waals surface area contributed by atoms with Gasteiger partial charge < -0.3 is 9.88 Å². The molecule has 1 heterocycles. The predicted molar refractivity (Wildman–Crippen MR) is 108 cm³/mol. The molecular weight excluding hydrogens is 336 g/mol. The van der Waals surface area contributed by atoms with Crippen molar-refractivity contribution in [2.75, 3.05) is 6.54 Å². The molecule has 27 heavy (non-hydrogen) atoms. The topological polar surface area (TPSA) is 51.1 Å². The molecule has 0 aliphatic rings. The molecule has 3 aromatic rings. The van der Waals surface area contributed by atoms with E-state index in [0.717, 1.165) is 12.0 Å². The van der Waals surface area contributed by atoms with Gasteiger partial charge in [0.25, 0.3) is 5.56 Å². The molecule has 0 atom stereocenters. The van der Waals surface area contributed by atoms with Crippen molar-refractivity contribution in [2.45, 2.75) is 25.8 Å². The highest BCUT2D eigenvalue weighted by Crippen LogP contribution is 2.27. The summed E-state index contributed by atoms with van der Waals surface area (Å²) in [7, 11) is 0. The van der Waals surface area contributed by atoms with Crippen molar-refractivity contribution >= 4 is 5.91 Å². The van der Waals surface area contributed by atoms with Crippen LogP contribution in [-0.2, 0) is 11.3 Å². The van der Waals surface area contributed by atoms with Crippen LogP contribution in [0.25, 0.3) is 0 Å².